The Morgan fingerprint density at radius 1 is 1.07 bits per heavy atom. The van der Waals surface area contributed by atoms with E-state index in [0.29, 0.717) is 52.0 Å². The summed E-state index contributed by atoms with van der Waals surface area (Å²) in [5.74, 6) is -3.87. The fourth-order valence-corrected chi connectivity index (χ4v) is 5.72. The molecule has 2 N–H and O–H groups in total. The van der Waals surface area contributed by atoms with E-state index >= 15 is 4.39 Å². The Kier molecular flexibility index (Phi) is 9.20. The lowest BCUT2D eigenvalue weighted by Gasteiger charge is -2.39. The summed E-state index contributed by atoms with van der Waals surface area (Å²) in [6.07, 6.45) is -3.13. The molecule has 1 aromatic heterocycles. The van der Waals surface area contributed by atoms with E-state index in [1.807, 2.05) is 0 Å². The van der Waals surface area contributed by atoms with E-state index in [9.17, 15) is 32.3 Å². The lowest BCUT2D eigenvalue weighted by atomic mass is 9.94. The number of aromatic nitrogens is 1. The maximum absolute atomic E-state index is 15.0. The fourth-order valence-electron chi connectivity index (χ4n) is 5.57. The number of benzene rings is 2. The number of carbonyl (C=O) groups excluding carboxylic acids is 4. The SMILES string of the molecule is COC(=O)Nc1ccc2c(c1)NC(=O)[C@H](C)CCCC(N1CC(=O)N(c3c(C(F)(F)F)ccc(Cl)c3F)CC1=O)c1cc-2ccn1. The molecule has 1 unspecified atom stereocenters. The third kappa shape index (κ3) is 6.62. The molecule has 2 aromatic carbocycles. The van der Waals surface area contributed by atoms with Crippen LogP contribution < -0.4 is 15.5 Å². The van der Waals surface area contributed by atoms with E-state index < -0.39 is 71.2 Å². The number of alkyl halides is 3. The average Bonchev–Trinajstić information content (AvgIpc) is 3.01. The normalized spacial score (nSPS) is 19.1. The number of methoxy groups -OCH3 is 1. The minimum atomic E-state index is -5.02. The minimum absolute atomic E-state index is 0.279. The van der Waals surface area contributed by atoms with Gasteiger partial charge in [-0.05, 0) is 54.8 Å². The van der Waals surface area contributed by atoms with Gasteiger partial charge in [-0.1, -0.05) is 31.0 Å². The van der Waals surface area contributed by atoms with Crippen LogP contribution in [0, 0.1) is 11.7 Å². The first-order valence-electron chi connectivity index (χ1n) is 14.2. The van der Waals surface area contributed by atoms with Crippen molar-refractivity contribution < 1.29 is 41.5 Å². The standard InChI is InChI=1S/C31H28ClF4N5O5/c1-16-4-3-5-24(40-14-26(43)41(15-25(40)42)28-20(31(34,35)36)8-9-21(32)27(28)33)23-12-17(10-11-37-23)19-7-6-18(38-30(45)46-2)13-22(19)39-29(16)44/h6-13,16,24H,3-5,14-15H2,1-2H3,(H,38,45)(H,39,44)/t16-,24?/m1/s1. The predicted molar refractivity (Wildman–Crippen MR) is 161 cm³/mol. The van der Waals surface area contributed by atoms with Crippen molar-refractivity contribution in [2.75, 3.05) is 35.7 Å². The lowest BCUT2D eigenvalue weighted by molar-refractivity contribution is -0.142. The number of nitrogens with one attached hydrogen (secondary N) is 2. The van der Waals surface area contributed by atoms with Crippen LogP contribution >= 0.6 is 11.6 Å². The fraction of sp³-hybridized carbons (Fsp3) is 0.323. The summed E-state index contributed by atoms with van der Waals surface area (Å²) in [6.45, 7) is 0.232. The number of nitrogens with zero attached hydrogens (tertiary/aromatic N) is 3. The number of amides is 4. The van der Waals surface area contributed by atoms with E-state index in [0.717, 1.165) is 6.07 Å². The molecule has 2 aliphatic heterocycles. The van der Waals surface area contributed by atoms with Crippen molar-refractivity contribution >= 4 is 52.5 Å². The lowest BCUT2D eigenvalue weighted by Crippen LogP contribution is -2.55. The van der Waals surface area contributed by atoms with Crippen LogP contribution in [0.5, 0.6) is 0 Å². The van der Waals surface area contributed by atoms with Crippen molar-refractivity contribution in [3.8, 4) is 11.1 Å². The first kappa shape index (κ1) is 32.7. The third-order valence-electron chi connectivity index (χ3n) is 7.95. The Morgan fingerprint density at radius 2 is 1.83 bits per heavy atom. The van der Waals surface area contributed by atoms with Crippen LogP contribution in [0.4, 0.5) is 39.4 Å². The van der Waals surface area contributed by atoms with Gasteiger partial charge in [-0.15, -0.1) is 0 Å². The topological polar surface area (TPSA) is 121 Å². The molecule has 0 aliphatic carbocycles. The van der Waals surface area contributed by atoms with Crippen molar-refractivity contribution in [1.82, 2.24) is 9.88 Å². The molecule has 46 heavy (non-hydrogen) atoms. The van der Waals surface area contributed by atoms with Crippen LogP contribution in [-0.4, -0.2) is 53.9 Å². The summed E-state index contributed by atoms with van der Waals surface area (Å²) in [7, 11) is 1.22. The maximum Gasteiger partial charge on any atom is 0.418 e. The molecule has 15 heteroatoms. The van der Waals surface area contributed by atoms with Gasteiger partial charge in [-0.3, -0.25) is 29.6 Å². The van der Waals surface area contributed by atoms with Gasteiger partial charge in [0, 0.05) is 23.4 Å². The molecule has 242 valence electrons. The summed E-state index contributed by atoms with van der Waals surface area (Å²) >= 11 is 5.77. The largest absolute Gasteiger partial charge is 0.453 e. The van der Waals surface area contributed by atoms with Crippen molar-refractivity contribution in [2.45, 2.75) is 38.4 Å². The Bertz CT molecular complexity index is 1720. The molecule has 3 heterocycles. The Morgan fingerprint density at radius 3 is 2.54 bits per heavy atom. The Balaban J connectivity index is 1.52. The zero-order valence-corrected chi connectivity index (χ0v) is 25.3. The second-order valence-corrected chi connectivity index (χ2v) is 11.3. The minimum Gasteiger partial charge on any atom is -0.453 e. The molecule has 4 amide bonds. The smallest absolute Gasteiger partial charge is 0.418 e. The number of piperazine rings is 1. The van der Waals surface area contributed by atoms with Crippen LogP contribution in [0.25, 0.3) is 11.1 Å². The van der Waals surface area contributed by atoms with Crippen molar-refractivity contribution in [1.29, 1.82) is 0 Å². The van der Waals surface area contributed by atoms with Crippen LogP contribution in [-0.2, 0) is 25.3 Å². The van der Waals surface area contributed by atoms with E-state index in [2.05, 4.69) is 20.4 Å². The molecule has 10 nitrogen and oxygen atoms in total. The highest BCUT2D eigenvalue weighted by Gasteiger charge is 2.43. The molecule has 1 fully saturated rings. The molecular weight excluding hydrogens is 634 g/mol. The highest BCUT2D eigenvalue weighted by Crippen LogP contribution is 2.42. The number of hydrogen-bond acceptors (Lipinski definition) is 6. The summed E-state index contributed by atoms with van der Waals surface area (Å²) in [5, 5.41) is 4.84. The van der Waals surface area contributed by atoms with Gasteiger partial charge >= 0.3 is 12.3 Å². The molecule has 3 aromatic rings. The van der Waals surface area contributed by atoms with Gasteiger partial charge < -0.3 is 15.0 Å². The van der Waals surface area contributed by atoms with Crippen molar-refractivity contribution in [3.63, 3.8) is 0 Å². The van der Waals surface area contributed by atoms with Gasteiger partial charge in [0.25, 0.3) is 0 Å². The predicted octanol–water partition coefficient (Wildman–Crippen LogP) is 6.41. The van der Waals surface area contributed by atoms with Gasteiger partial charge in [0.15, 0.2) is 5.82 Å². The van der Waals surface area contributed by atoms with Crippen LogP contribution in [0.2, 0.25) is 5.02 Å². The number of fused-ring (bicyclic) bond motifs is 4. The monoisotopic (exact) mass is 661 g/mol. The second kappa shape index (κ2) is 12.9. The highest BCUT2D eigenvalue weighted by atomic mass is 35.5. The van der Waals surface area contributed by atoms with E-state index in [1.54, 1.807) is 37.3 Å². The highest BCUT2D eigenvalue weighted by molar-refractivity contribution is 6.31. The van der Waals surface area contributed by atoms with Gasteiger partial charge in [0.2, 0.25) is 17.7 Å². The van der Waals surface area contributed by atoms with Crippen molar-refractivity contribution in [2.24, 2.45) is 5.92 Å². The summed E-state index contributed by atoms with van der Waals surface area (Å²) in [4.78, 5) is 58.0. The quantitative estimate of drug-likeness (QED) is 0.313. The molecule has 2 aliphatic rings. The zero-order chi connectivity index (χ0) is 33.3. The van der Waals surface area contributed by atoms with Crippen LogP contribution in [0.3, 0.4) is 0 Å². The molecule has 0 spiro atoms. The van der Waals surface area contributed by atoms with Gasteiger partial charge in [-0.2, -0.15) is 13.2 Å². The second-order valence-electron chi connectivity index (χ2n) is 10.9. The summed E-state index contributed by atoms with van der Waals surface area (Å²) < 4.78 is 61.1. The number of rotatable bonds is 3. The number of halogens is 5. The molecule has 1 saturated heterocycles. The van der Waals surface area contributed by atoms with E-state index in [-0.39, 0.29) is 12.3 Å². The Hall–Kier alpha value is -4.72. The number of carbonyl (C=O) groups is 4. The molecule has 2 bridgehead atoms. The van der Waals surface area contributed by atoms with Gasteiger partial charge in [0.1, 0.15) is 13.1 Å². The third-order valence-corrected chi connectivity index (χ3v) is 8.24. The molecule has 0 radical (unpaired) electrons. The average molecular weight is 662 g/mol. The van der Waals surface area contributed by atoms with Gasteiger partial charge in [-0.25, -0.2) is 9.18 Å². The molecule has 0 saturated carbocycles. The van der Waals surface area contributed by atoms with Crippen LogP contribution in [0.1, 0.15) is 43.5 Å². The molecule has 5 rings (SSSR count). The first-order valence-corrected chi connectivity index (χ1v) is 14.6. The number of pyridine rings is 1. The number of anilines is 3. The molecular formula is C31H28ClF4N5O5. The Labute approximate surface area is 265 Å². The summed E-state index contributed by atoms with van der Waals surface area (Å²) in [6, 6.07) is 8.75. The van der Waals surface area contributed by atoms with Gasteiger partial charge in [0.05, 0.1) is 40.8 Å². The number of hydrogen-bond donors (Lipinski definition) is 2. The van der Waals surface area contributed by atoms with E-state index in [1.165, 1.54) is 18.2 Å². The zero-order valence-electron chi connectivity index (χ0n) is 24.6. The maximum atomic E-state index is 15.0. The molecule has 2 atom stereocenters. The van der Waals surface area contributed by atoms with E-state index in [4.69, 9.17) is 11.6 Å². The van der Waals surface area contributed by atoms with Crippen LogP contribution in [0.15, 0.2) is 48.7 Å². The summed E-state index contributed by atoms with van der Waals surface area (Å²) in [5.41, 5.74) is -0.207. The van der Waals surface area contributed by atoms with Crippen molar-refractivity contribution in [3.05, 3.63) is 70.8 Å². The first-order chi connectivity index (χ1) is 21.8. The number of ether oxygens (including phenoxy) is 1.